The molecule has 9 aromatic rings. The molecular formula is C78H85F3N12. The molecule has 5 aromatic carbocycles. The third-order valence-electron chi connectivity index (χ3n) is 20.3. The first-order valence-electron chi connectivity index (χ1n) is 33.2. The zero-order chi connectivity index (χ0) is 65.3. The van der Waals surface area contributed by atoms with Crippen molar-refractivity contribution >= 4 is 68.8 Å². The Labute approximate surface area is 547 Å². The van der Waals surface area contributed by atoms with Gasteiger partial charge in [0.1, 0.15) is 24.7 Å². The van der Waals surface area contributed by atoms with Crippen LogP contribution in [0.4, 0.5) is 81.9 Å². The number of halogens is 3. The molecule has 4 unspecified atom stereocenters. The minimum atomic E-state index is -4.37. The van der Waals surface area contributed by atoms with E-state index in [4.69, 9.17) is 4.98 Å². The van der Waals surface area contributed by atoms with Gasteiger partial charge in [0.2, 0.25) is 0 Å². The van der Waals surface area contributed by atoms with Crippen LogP contribution in [-0.4, -0.2) is 71.8 Å². The normalized spacial score (nSPS) is 18.6. The quantitative estimate of drug-likeness (QED) is 0.165. The molecule has 0 saturated heterocycles. The van der Waals surface area contributed by atoms with Gasteiger partial charge in [-0.25, -0.2) is 19.9 Å². The molecule has 93 heavy (non-hydrogen) atoms. The van der Waals surface area contributed by atoms with E-state index in [1.54, 1.807) is 0 Å². The van der Waals surface area contributed by atoms with Crippen molar-refractivity contribution in [3.05, 3.63) is 214 Å². The summed E-state index contributed by atoms with van der Waals surface area (Å²) in [6, 6.07) is 51.7. The Balaban J connectivity index is 0.000000111. The van der Waals surface area contributed by atoms with Crippen LogP contribution in [0.1, 0.15) is 144 Å². The van der Waals surface area contributed by atoms with Gasteiger partial charge in [-0.05, 0) is 148 Å². The standard InChI is InChI=1S/C31H39N3.C18H21N3.C15H12F3N3.C14H13N3/c1-18(2)23-15-24(19(3)4)30(25(16-23)20(5)6)26-13-14-28-31(32-26)34-27-12-10-9-11-22(27)17-29(34)33(28)21(7)8;1-18(2,3)13-7-8-14-12(10-13)11-16-20(4)15-6-5-9-19-17(15)21(14)16;1-20-12-7-10(15(16,17)18)8-19-14(12)21-11-5-3-2-4-9(11)6-13(20)21;1-16-12-7-4-8-15-14(12)17-11-6-3-2-5-10(11)9-13(16)17/h9-16,18-21,29H,17H2,1-8H3;5-10,16H,11H2,1-4H3;2-5,7-8,13H,6H2,1H3;2-8,13H,9H2,1H3. The highest BCUT2D eigenvalue weighted by Gasteiger charge is 2.47. The molecule has 12 nitrogen and oxygen atoms in total. The van der Waals surface area contributed by atoms with E-state index in [9.17, 15) is 13.2 Å². The molecule has 0 aliphatic carbocycles. The van der Waals surface area contributed by atoms with E-state index in [2.05, 4.69) is 238 Å². The predicted octanol–water partition coefficient (Wildman–Crippen LogP) is 18.3. The summed E-state index contributed by atoms with van der Waals surface area (Å²) in [7, 11) is 6.13. The SMILES string of the molecule is CC(C)c1cc(C(C)C)c(-c2ccc3c(n2)N2c4ccccc4CC2N3C(C)C)c(C(C)C)c1.CN1c2cc(C(F)(F)F)cnc2N2c3ccccc3CC12.CN1c2cccnc2N2c3ccc(C(C)(C)C)cc3CC12.CN1c2cccnc2N2c3ccccc3CC12. The largest absolute Gasteiger partial charge is 0.417 e. The van der Waals surface area contributed by atoms with Crippen molar-refractivity contribution in [2.75, 3.05) is 60.3 Å². The van der Waals surface area contributed by atoms with Crippen molar-refractivity contribution in [3.8, 4) is 11.3 Å². The van der Waals surface area contributed by atoms with Crippen molar-refractivity contribution in [2.24, 2.45) is 0 Å². The summed E-state index contributed by atoms with van der Waals surface area (Å²) in [4.78, 5) is 37.0. The Morgan fingerprint density at radius 2 is 0.839 bits per heavy atom. The average Bonchev–Trinajstić information content (AvgIpc) is 1.61. The molecule has 15 heteroatoms. The van der Waals surface area contributed by atoms with Crippen molar-refractivity contribution in [2.45, 2.75) is 162 Å². The molecule has 4 atom stereocenters. The molecule has 0 spiro atoms. The maximum absolute atomic E-state index is 12.8. The molecule has 0 radical (unpaired) electrons. The minimum absolute atomic E-state index is 0.00776. The molecule has 8 aliphatic heterocycles. The van der Waals surface area contributed by atoms with Crippen molar-refractivity contribution in [1.29, 1.82) is 0 Å². The number of alkyl halides is 3. The number of nitrogens with zero attached hydrogens (tertiary/aromatic N) is 12. The van der Waals surface area contributed by atoms with Crippen LogP contribution in [0.2, 0.25) is 0 Å². The molecule has 0 saturated carbocycles. The van der Waals surface area contributed by atoms with E-state index in [1.807, 2.05) is 65.6 Å². The van der Waals surface area contributed by atoms with Gasteiger partial charge in [0.25, 0.3) is 0 Å². The van der Waals surface area contributed by atoms with Crippen LogP contribution < -0.4 is 39.2 Å². The van der Waals surface area contributed by atoms with E-state index < -0.39 is 11.7 Å². The molecule has 17 rings (SSSR count). The number of pyridine rings is 4. The molecule has 12 heterocycles. The second kappa shape index (κ2) is 23.2. The molecule has 0 fully saturated rings. The lowest BCUT2D eigenvalue weighted by Crippen LogP contribution is -2.43. The maximum atomic E-state index is 12.8. The summed E-state index contributed by atoms with van der Waals surface area (Å²) in [5.74, 6) is 5.28. The molecule has 478 valence electrons. The Hall–Kier alpha value is -9.11. The Morgan fingerprint density at radius 1 is 0.409 bits per heavy atom. The Morgan fingerprint density at radius 3 is 1.31 bits per heavy atom. The number of likely N-dealkylation sites (N-methyl/N-ethyl adjacent to an activating group) is 3. The number of hydrogen-bond donors (Lipinski definition) is 0. The van der Waals surface area contributed by atoms with Crippen molar-refractivity contribution < 1.29 is 13.2 Å². The van der Waals surface area contributed by atoms with E-state index in [-0.39, 0.29) is 11.6 Å². The summed E-state index contributed by atoms with van der Waals surface area (Å²) in [5, 5.41) is 0. The highest BCUT2D eigenvalue weighted by Crippen LogP contribution is 2.54. The monoisotopic (exact) mass is 1250 g/mol. The van der Waals surface area contributed by atoms with Gasteiger partial charge in [-0.15, -0.1) is 0 Å². The Bertz CT molecular complexity index is 4310. The first-order valence-corrected chi connectivity index (χ1v) is 33.2. The van der Waals surface area contributed by atoms with Gasteiger partial charge >= 0.3 is 6.18 Å². The minimum Gasteiger partial charge on any atom is -0.351 e. The van der Waals surface area contributed by atoms with Crippen LogP contribution in [0.15, 0.2) is 164 Å². The fourth-order valence-electron chi connectivity index (χ4n) is 15.4. The second-order valence-corrected chi connectivity index (χ2v) is 28.4. The third-order valence-corrected chi connectivity index (χ3v) is 20.3. The third kappa shape index (κ3) is 10.4. The smallest absolute Gasteiger partial charge is 0.351 e. The first kappa shape index (κ1) is 61.4. The van der Waals surface area contributed by atoms with Crippen molar-refractivity contribution in [1.82, 2.24) is 19.9 Å². The Kier molecular flexibility index (Phi) is 15.3. The number of benzene rings is 5. The molecule has 4 aromatic heterocycles. The zero-order valence-electron chi connectivity index (χ0n) is 56.0. The van der Waals surface area contributed by atoms with Gasteiger partial charge in [0, 0.05) is 99.8 Å². The summed E-state index contributed by atoms with van der Waals surface area (Å²) >= 11 is 0. The van der Waals surface area contributed by atoms with Crippen LogP contribution in [0.3, 0.4) is 0 Å². The van der Waals surface area contributed by atoms with Crippen molar-refractivity contribution in [3.63, 3.8) is 0 Å². The van der Waals surface area contributed by atoms with Gasteiger partial charge in [0.15, 0.2) is 23.3 Å². The highest BCUT2D eigenvalue weighted by molar-refractivity contribution is 5.89. The molecule has 0 N–H and O–H groups in total. The summed E-state index contributed by atoms with van der Waals surface area (Å²) in [6.45, 7) is 25.2. The number of aromatic nitrogens is 4. The highest BCUT2D eigenvalue weighted by atomic mass is 19.4. The lowest BCUT2D eigenvalue weighted by atomic mass is 9.83. The lowest BCUT2D eigenvalue weighted by molar-refractivity contribution is -0.137. The van der Waals surface area contributed by atoms with Gasteiger partial charge in [-0.3, -0.25) is 0 Å². The molecule has 8 aliphatic rings. The molecule has 0 amide bonds. The summed E-state index contributed by atoms with van der Waals surface area (Å²) in [6.07, 6.45) is 5.35. The molecule has 0 bridgehead atoms. The second-order valence-electron chi connectivity index (χ2n) is 28.4. The van der Waals surface area contributed by atoms with Crippen LogP contribution in [-0.2, 0) is 37.3 Å². The van der Waals surface area contributed by atoms with E-state index in [0.717, 1.165) is 60.7 Å². The van der Waals surface area contributed by atoms with E-state index in [1.165, 1.54) is 90.3 Å². The maximum Gasteiger partial charge on any atom is 0.417 e. The number of fused-ring (bicyclic) bond motifs is 20. The first-order chi connectivity index (χ1) is 44.5. The fourth-order valence-corrected chi connectivity index (χ4v) is 15.4. The van der Waals surface area contributed by atoms with Gasteiger partial charge in [-0.1, -0.05) is 141 Å². The van der Waals surface area contributed by atoms with Gasteiger partial charge in [-0.2, -0.15) is 13.2 Å². The topological polar surface area (TPSA) is 77.5 Å². The van der Waals surface area contributed by atoms with Crippen LogP contribution in [0.25, 0.3) is 11.3 Å². The lowest BCUT2D eigenvalue weighted by Gasteiger charge is -2.30. The van der Waals surface area contributed by atoms with Crippen LogP contribution in [0.5, 0.6) is 0 Å². The zero-order valence-corrected chi connectivity index (χ0v) is 56.0. The number of rotatable bonds is 5. The summed E-state index contributed by atoms with van der Waals surface area (Å²) < 4.78 is 38.5. The van der Waals surface area contributed by atoms with Gasteiger partial charge < -0.3 is 39.2 Å². The number of para-hydroxylation sites is 3. The molecular weight excluding hydrogens is 1160 g/mol. The van der Waals surface area contributed by atoms with Crippen LogP contribution in [0, 0.1) is 0 Å². The van der Waals surface area contributed by atoms with Crippen LogP contribution >= 0.6 is 0 Å². The number of anilines is 12. The average molecular weight is 1250 g/mol. The summed E-state index contributed by atoms with van der Waals surface area (Å²) in [5.41, 5.74) is 22.3. The fraction of sp³-hybridized carbons (Fsp3) is 0.359. The number of hydrogen-bond acceptors (Lipinski definition) is 12. The van der Waals surface area contributed by atoms with Gasteiger partial charge in [0.05, 0.1) is 34.0 Å². The van der Waals surface area contributed by atoms with E-state index >= 15 is 0 Å². The predicted molar refractivity (Wildman–Crippen MR) is 375 cm³/mol. The van der Waals surface area contributed by atoms with E-state index in [0.29, 0.717) is 53.8 Å².